The summed E-state index contributed by atoms with van der Waals surface area (Å²) in [5, 5.41) is 0. The lowest BCUT2D eigenvalue weighted by Crippen LogP contribution is -2.19. The Morgan fingerprint density at radius 1 is 0.617 bits per heavy atom. The number of ether oxygens (including phenoxy) is 1. The highest BCUT2D eigenvalue weighted by Crippen LogP contribution is 2.36. The maximum atomic E-state index is 6.16. The molecule has 0 aromatic heterocycles. The third-order valence-corrected chi connectivity index (χ3v) is 10.1. The van der Waals surface area contributed by atoms with Gasteiger partial charge in [-0.2, -0.15) is 0 Å². The van der Waals surface area contributed by atoms with Gasteiger partial charge in [0.2, 0.25) is 0 Å². The Labute approximate surface area is 356 Å². The summed E-state index contributed by atoms with van der Waals surface area (Å²) in [7, 11) is 0. The van der Waals surface area contributed by atoms with Crippen molar-refractivity contribution in [3.05, 3.63) is 278 Å². The van der Waals surface area contributed by atoms with Crippen molar-refractivity contribution >= 4 is 28.3 Å². The van der Waals surface area contributed by atoms with Gasteiger partial charge in [-0.25, -0.2) is 0 Å². The van der Waals surface area contributed by atoms with Crippen LogP contribution in [0.3, 0.4) is 0 Å². The minimum Gasteiger partial charge on any atom is -0.458 e. The molecule has 0 atom stereocenters. The SMILES string of the molecule is C=C/C=C(C=CC/C=C(\C=C)N(C1=CCC=C(Oc2ccccc2)C=C1)c1ccccc1)\C=C(/C)c1ccc(N(c2ccccc2)c2ccc(-c3ccccc3)cc2)cc1. The molecule has 7 rings (SSSR count). The first-order chi connectivity index (χ1) is 29.6. The van der Waals surface area contributed by atoms with E-state index < -0.39 is 0 Å². The average Bonchev–Trinajstić information content (AvgIpc) is 3.54. The third kappa shape index (κ3) is 10.7. The largest absolute Gasteiger partial charge is 0.458 e. The van der Waals surface area contributed by atoms with Gasteiger partial charge in [-0.05, 0) is 133 Å². The summed E-state index contributed by atoms with van der Waals surface area (Å²) < 4.78 is 6.16. The molecular weight excluding hydrogens is 729 g/mol. The van der Waals surface area contributed by atoms with Crippen molar-refractivity contribution in [3.8, 4) is 16.9 Å². The second-order valence-corrected chi connectivity index (χ2v) is 14.2. The quantitative estimate of drug-likeness (QED) is 0.0910. The molecule has 0 radical (unpaired) electrons. The molecule has 0 saturated carbocycles. The van der Waals surface area contributed by atoms with Gasteiger partial charge in [-0.3, -0.25) is 0 Å². The Morgan fingerprint density at radius 3 is 1.82 bits per heavy atom. The van der Waals surface area contributed by atoms with E-state index in [2.05, 4.69) is 200 Å². The van der Waals surface area contributed by atoms with Crippen LogP contribution in [0.1, 0.15) is 25.3 Å². The molecule has 1 aliphatic carbocycles. The number of nitrogens with zero attached hydrogens (tertiary/aromatic N) is 2. The number of benzene rings is 6. The monoisotopic (exact) mass is 778 g/mol. The first-order valence-electron chi connectivity index (χ1n) is 20.4. The van der Waals surface area contributed by atoms with Crippen LogP contribution in [0.5, 0.6) is 5.75 Å². The van der Waals surface area contributed by atoms with E-state index in [0.29, 0.717) is 6.42 Å². The summed E-state index contributed by atoms with van der Waals surface area (Å²) in [5.41, 5.74) is 12.2. The third-order valence-electron chi connectivity index (χ3n) is 10.1. The molecule has 0 spiro atoms. The van der Waals surface area contributed by atoms with E-state index in [9.17, 15) is 0 Å². The molecule has 0 fully saturated rings. The fraction of sp³-hybridized carbons (Fsp3) is 0.0526. The van der Waals surface area contributed by atoms with Gasteiger partial charge < -0.3 is 14.5 Å². The lowest BCUT2D eigenvalue weighted by atomic mass is 10.0. The predicted octanol–water partition coefficient (Wildman–Crippen LogP) is 15.7. The Hall–Kier alpha value is -7.62. The summed E-state index contributed by atoms with van der Waals surface area (Å²) in [6, 6.07) is 58.9. The van der Waals surface area contributed by atoms with Crippen molar-refractivity contribution < 1.29 is 4.74 Å². The second-order valence-electron chi connectivity index (χ2n) is 14.2. The maximum absolute atomic E-state index is 6.16. The topological polar surface area (TPSA) is 15.7 Å². The Bertz CT molecular complexity index is 2560. The van der Waals surface area contributed by atoms with Gasteiger partial charge in [0.15, 0.2) is 0 Å². The van der Waals surface area contributed by atoms with Crippen molar-refractivity contribution in [3.63, 3.8) is 0 Å². The molecule has 6 aromatic carbocycles. The Kier molecular flexibility index (Phi) is 14.0. The van der Waals surface area contributed by atoms with Crippen molar-refractivity contribution in [2.45, 2.75) is 19.8 Å². The van der Waals surface area contributed by atoms with Crippen LogP contribution in [0.4, 0.5) is 22.7 Å². The van der Waals surface area contributed by atoms with E-state index >= 15 is 0 Å². The number of rotatable bonds is 16. The van der Waals surface area contributed by atoms with E-state index in [0.717, 1.165) is 68.8 Å². The van der Waals surface area contributed by atoms with Gasteiger partial charge in [0, 0.05) is 34.1 Å². The molecule has 3 heteroatoms. The maximum Gasteiger partial charge on any atom is 0.127 e. The Balaban J connectivity index is 1.07. The zero-order valence-corrected chi connectivity index (χ0v) is 34.1. The average molecular weight is 779 g/mol. The number of para-hydroxylation sites is 3. The summed E-state index contributed by atoms with van der Waals surface area (Å²) in [6.45, 7) is 10.4. The van der Waals surface area contributed by atoms with E-state index in [1.165, 1.54) is 11.1 Å². The van der Waals surface area contributed by atoms with Crippen LogP contribution in [0, 0.1) is 0 Å². The van der Waals surface area contributed by atoms with E-state index in [4.69, 9.17) is 4.74 Å². The fourth-order valence-electron chi connectivity index (χ4n) is 7.10. The lowest BCUT2D eigenvalue weighted by Gasteiger charge is -2.27. The van der Waals surface area contributed by atoms with Crippen LogP contribution in [-0.2, 0) is 0 Å². The molecule has 6 aromatic rings. The highest BCUT2D eigenvalue weighted by molar-refractivity contribution is 5.79. The molecular formula is C57H50N2O. The summed E-state index contributed by atoms with van der Waals surface area (Å²) in [5.74, 6) is 1.63. The fourth-order valence-corrected chi connectivity index (χ4v) is 7.10. The van der Waals surface area contributed by atoms with Gasteiger partial charge in [0.1, 0.15) is 11.5 Å². The number of anilines is 4. The Morgan fingerprint density at radius 2 is 1.18 bits per heavy atom. The molecule has 0 aliphatic heterocycles. The first kappa shape index (κ1) is 40.6. The number of allylic oxidation sites excluding steroid dienone is 13. The summed E-state index contributed by atoms with van der Waals surface area (Å²) in [6.07, 6.45) is 24.4. The normalized spacial score (nSPS) is 13.2. The highest BCUT2D eigenvalue weighted by atomic mass is 16.5. The van der Waals surface area contributed by atoms with Gasteiger partial charge in [0.25, 0.3) is 0 Å². The van der Waals surface area contributed by atoms with Crippen molar-refractivity contribution in [2.24, 2.45) is 0 Å². The van der Waals surface area contributed by atoms with Crippen LogP contribution in [0.25, 0.3) is 16.7 Å². The van der Waals surface area contributed by atoms with Crippen LogP contribution in [0.15, 0.2) is 273 Å². The molecule has 60 heavy (non-hydrogen) atoms. The summed E-state index contributed by atoms with van der Waals surface area (Å²) in [4.78, 5) is 4.54. The highest BCUT2D eigenvalue weighted by Gasteiger charge is 2.15. The predicted molar refractivity (Wildman–Crippen MR) is 256 cm³/mol. The molecule has 294 valence electrons. The van der Waals surface area contributed by atoms with Crippen LogP contribution < -0.4 is 14.5 Å². The molecule has 0 N–H and O–H groups in total. The first-order valence-corrected chi connectivity index (χ1v) is 20.4. The molecule has 0 unspecified atom stereocenters. The van der Waals surface area contributed by atoms with E-state index in [-0.39, 0.29) is 0 Å². The van der Waals surface area contributed by atoms with E-state index in [1.807, 2.05) is 66.8 Å². The molecule has 0 bridgehead atoms. The van der Waals surface area contributed by atoms with Crippen molar-refractivity contribution in [1.82, 2.24) is 0 Å². The second kappa shape index (κ2) is 20.7. The minimum atomic E-state index is 0.708. The zero-order chi connectivity index (χ0) is 41.4. The molecule has 0 saturated heterocycles. The molecule has 3 nitrogen and oxygen atoms in total. The summed E-state index contributed by atoms with van der Waals surface area (Å²) >= 11 is 0. The van der Waals surface area contributed by atoms with Gasteiger partial charge in [-0.1, -0.05) is 165 Å². The smallest absolute Gasteiger partial charge is 0.127 e. The van der Waals surface area contributed by atoms with Crippen LogP contribution >= 0.6 is 0 Å². The standard InChI is InChI=1S/C57H50N2O/c1-4-21-46(22-18-19-25-50(5-2)58(51-26-12-7-13-27-51)53-30-20-33-57(43-42-53)60-56-31-16-9-17-32-56)44-45(3)47-34-38-54(39-35-47)59(52-28-14-8-15-29-52)55-40-36-49(37-41-55)48-23-10-6-11-24-48/h4-18,21-44H,1-2,19-20H2,3H3/b22-18?,45-44+,46-21-,50-25+. The van der Waals surface area contributed by atoms with Crippen LogP contribution in [0.2, 0.25) is 0 Å². The zero-order valence-electron chi connectivity index (χ0n) is 34.1. The number of hydrogen-bond donors (Lipinski definition) is 0. The van der Waals surface area contributed by atoms with Gasteiger partial charge in [0.05, 0.1) is 0 Å². The lowest BCUT2D eigenvalue weighted by molar-refractivity contribution is 0.443. The van der Waals surface area contributed by atoms with Crippen molar-refractivity contribution in [2.75, 3.05) is 9.80 Å². The van der Waals surface area contributed by atoms with E-state index in [1.54, 1.807) is 0 Å². The molecule has 1 aliphatic rings. The number of hydrogen-bond acceptors (Lipinski definition) is 3. The van der Waals surface area contributed by atoms with Gasteiger partial charge in [-0.15, -0.1) is 0 Å². The minimum absolute atomic E-state index is 0.708. The van der Waals surface area contributed by atoms with Crippen molar-refractivity contribution in [1.29, 1.82) is 0 Å². The molecule has 0 amide bonds. The van der Waals surface area contributed by atoms with Gasteiger partial charge >= 0.3 is 0 Å². The molecule has 0 heterocycles. The van der Waals surface area contributed by atoms with Crippen LogP contribution in [-0.4, -0.2) is 0 Å².